The number of fused-ring (bicyclic) bond motifs is 4. The van der Waals surface area contributed by atoms with E-state index in [4.69, 9.17) is 9.15 Å². The average Bonchev–Trinajstić information content (AvgIpc) is 3.94. The minimum absolute atomic E-state index is 0.869. The Morgan fingerprint density at radius 3 is 1.52 bits per heavy atom. The van der Waals surface area contributed by atoms with Crippen molar-refractivity contribution in [2.45, 2.75) is 19.3 Å². The van der Waals surface area contributed by atoms with E-state index in [-0.39, 0.29) is 0 Å². The maximum atomic E-state index is 6.32. The molecular weight excluding hydrogens is 755 g/mol. The molecule has 1 aliphatic carbocycles. The van der Waals surface area contributed by atoms with Crippen LogP contribution in [-0.4, -0.2) is 0 Å². The number of para-hydroxylation sites is 2. The number of hydrogen-bond donors (Lipinski definition) is 0. The second-order valence-corrected chi connectivity index (χ2v) is 16.0. The van der Waals surface area contributed by atoms with Gasteiger partial charge in [0.05, 0.1) is 6.26 Å². The zero-order valence-corrected chi connectivity index (χ0v) is 34.3. The van der Waals surface area contributed by atoms with Crippen molar-refractivity contribution < 1.29 is 9.15 Å². The van der Waals surface area contributed by atoms with E-state index in [1.807, 2.05) is 6.26 Å². The first-order valence-electron chi connectivity index (χ1n) is 21.4. The van der Waals surface area contributed by atoms with E-state index in [1.165, 1.54) is 27.6 Å². The van der Waals surface area contributed by atoms with Gasteiger partial charge in [0.2, 0.25) is 0 Å². The summed E-state index contributed by atoms with van der Waals surface area (Å²) in [5, 5.41) is 1.21. The quantitative estimate of drug-likeness (QED) is 0.153. The van der Waals surface area contributed by atoms with Crippen molar-refractivity contribution in [3.63, 3.8) is 0 Å². The van der Waals surface area contributed by atoms with Crippen molar-refractivity contribution in [3.05, 3.63) is 230 Å². The predicted molar refractivity (Wildman–Crippen MR) is 259 cm³/mol. The molecule has 9 aromatic rings. The fourth-order valence-electron chi connectivity index (χ4n) is 8.96. The molecule has 0 bridgehead atoms. The van der Waals surface area contributed by atoms with Crippen LogP contribution in [-0.2, 0) is 6.42 Å². The third-order valence-corrected chi connectivity index (χ3v) is 12.3. The van der Waals surface area contributed by atoms with Gasteiger partial charge in [0.25, 0.3) is 0 Å². The molecule has 0 amide bonds. The second kappa shape index (κ2) is 15.9. The number of anilines is 3. The van der Waals surface area contributed by atoms with Crippen LogP contribution in [0.25, 0.3) is 78.3 Å². The lowest BCUT2D eigenvalue weighted by Crippen LogP contribution is -2.09. The minimum Gasteiger partial charge on any atom is -0.464 e. The SMILES string of the molecule is C=C1CC/C=C\Oc2c1cccc2-c1ccc(-c2ccc(N(c3ccc(-c4ccccc4)cc3)c3ccc(-c4ccc(-c5cccc6c7c(oc56)C=CC7)cc4)cc3)cc2)cc1. The van der Waals surface area contributed by atoms with E-state index < -0.39 is 0 Å². The lowest BCUT2D eigenvalue weighted by atomic mass is 9.94. The molecule has 2 heterocycles. The van der Waals surface area contributed by atoms with Crippen LogP contribution in [0.4, 0.5) is 17.1 Å². The standard InChI is InChI=1S/C59H43NO2/c1-40-10-5-6-39-61-58-52(40)13-7-14-53(58)47-23-19-42(20-24-47)45-29-35-50(36-30-45)60(49-33-27-44(28-34-49)41-11-3-2-4-12-41)51-37-31-46(32-38-51)43-21-25-48(26-22-43)54-15-8-17-56-55-16-9-18-57(55)62-59(54)56/h2-4,6-9,11-15,17-39H,1,5,10,16H2/b39-6-. The summed E-state index contributed by atoms with van der Waals surface area (Å²) in [7, 11) is 0. The summed E-state index contributed by atoms with van der Waals surface area (Å²) in [5.41, 5.74) is 19.2. The third kappa shape index (κ3) is 6.94. The van der Waals surface area contributed by atoms with Gasteiger partial charge in [-0.1, -0.05) is 164 Å². The molecule has 0 spiro atoms. The summed E-state index contributed by atoms with van der Waals surface area (Å²) >= 11 is 0. The number of furan rings is 1. The molecule has 0 N–H and O–H groups in total. The first-order chi connectivity index (χ1) is 30.6. The second-order valence-electron chi connectivity index (χ2n) is 16.0. The summed E-state index contributed by atoms with van der Waals surface area (Å²) in [4.78, 5) is 2.33. The van der Waals surface area contributed by atoms with Crippen molar-refractivity contribution >= 4 is 39.7 Å². The topological polar surface area (TPSA) is 25.6 Å². The average molecular weight is 798 g/mol. The highest BCUT2D eigenvalue weighted by atomic mass is 16.5. The zero-order valence-electron chi connectivity index (χ0n) is 34.3. The van der Waals surface area contributed by atoms with Gasteiger partial charge in [0.1, 0.15) is 17.1 Å². The summed E-state index contributed by atoms with van der Waals surface area (Å²) in [5.74, 6) is 1.85. The number of rotatable bonds is 8. The normalized spacial score (nSPS) is 13.5. The van der Waals surface area contributed by atoms with E-state index in [0.717, 1.165) is 103 Å². The van der Waals surface area contributed by atoms with E-state index in [2.05, 4.69) is 218 Å². The van der Waals surface area contributed by atoms with Gasteiger partial charge < -0.3 is 14.1 Å². The molecule has 3 heteroatoms. The van der Waals surface area contributed by atoms with Gasteiger partial charge in [-0.15, -0.1) is 0 Å². The van der Waals surface area contributed by atoms with Crippen LogP contribution in [0.3, 0.4) is 0 Å². The van der Waals surface area contributed by atoms with Gasteiger partial charge in [-0.05, 0) is 118 Å². The van der Waals surface area contributed by atoms with Crippen LogP contribution in [0.1, 0.15) is 29.7 Å². The minimum atomic E-state index is 0.869. The Morgan fingerprint density at radius 1 is 0.435 bits per heavy atom. The highest BCUT2D eigenvalue weighted by Crippen LogP contribution is 2.42. The molecular formula is C59H43NO2. The monoisotopic (exact) mass is 797 g/mol. The Kier molecular flexibility index (Phi) is 9.55. The highest BCUT2D eigenvalue weighted by Gasteiger charge is 2.19. The molecule has 0 saturated heterocycles. The Morgan fingerprint density at radius 2 is 0.919 bits per heavy atom. The predicted octanol–water partition coefficient (Wildman–Crippen LogP) is 16.5. The molecule has 62 heavy (non-hydrogen) atoms. The van der Waals surface area contributed by atoms with Crippen LogP contribution in [0, 0.1) is 0 Å². The molecule has 0 fully saturated rings. The van der Waals surface area contributed by atoms with Crippen LogP contribution < -0.4 is 9.64 Å². The molecule has 0 radical (unpaired) electrons. The summed E-state index contributed by atoms with van der Waals surface area (Å²) in [6, 6.07) is 67.5. The van der Waals surface area contributed by atoms with E-state index in [9.17, 15) is 0 Å². The van der Waals surface area contributed by atoms with Gasteiger partial charge in [-0.3, -0.25) is 0 Å². The molecule has 296 valence electrons. The molecule has 3 nitrogen and oxygen atoms in total. The van der Waals surface area contributed by atoms with Crippen molar-refractivity contribution in [2.24, 2.45) is 0 Å². The van der Waals surface area contributed by atoms with Gasteiger partial charge >= 0.3 is 0 Å². The van der Waals surface area contributed by atoms with Crippen molar-refractivity contribution in [1.29, 1.82) is 0 Å². The number of nitrogens with zero attached hydrogens (tertiary/aromatic N) is 1. The Labute approximate surface area is 362 Å². The van der Waals surface area contributed by atoms with E-state index in [1.54, 1.807) is 0 Å². The first kappa shape index (κ1) is 37.1. The fraction of sp³-hybridized carbons (Fsp3) is 0.0508. The van der Waals surface area contributed by atoms with Crippen molar-refractivity contribution in [1.82, 2.24) is 0 Å². The fourth-order valence-corrected chi connectivity index (χ4v) is 8.96. The first-order valence-corrected chi connectivity index (χ1v) is 21.4. The van der Waals surface area contributed by atoms with Crippen LogP contribution in [0.5, 0.6) is 5.75 Å². The Balaban J connectivity index is 0.886. The van der Waals surface area contributed by atoms with Crippen molar-refractivity contribution in [3.8, 4) is 61.4 Å². The zero-order chi connectivity index (χ0) is 41.4. The van der Waals surface area contributed by atoms with Gasteiger partial charge in [-0.2, -0.15) is 0 Å². The van der Waals surface area contributed by atoms with Gasteiger partial charge in [0.15, 0.2) is 0 Å². The number of ether oxygens (including phenoxy) is 1. The summed E-state index contributed by atoms with van der Waals surface area (Å²) < 4.78 is 12.5. The molecule has 0 unspecified atom stereocenters. The largest absolute Gasteiger partial charge is 0.464 e. The van der Waals surface area contributed by atoms with E-state index >= 15 is 0 Å². The summed E-state index contributed by atoms with van der Waals surface area (Å²) in [6.07, 6.45) is 10.9. The van der Waals surface area contributed by atoms with Gasteiger partial charge in [-0.25, -0.2) is 0 Å². The molecule has 0 saturated carbocycles. The molecule has 0 atom stereocenters. The lowest BCUT2D eigenvalue weighted by Gasteiger charge is -2.26. The number of benzene rings is 8. The smallest absolute Gasteiger partial charge is 0.142 e. The highest BCUT2D eigenvalue weighted by molar-refractivity contribution is 5.97. The molecule has 11 rings (SSSR count). The third-order valence-electron chi connectivity index (χ3n) is 12.3. The molecule has 8 aromatic carbocycles. The van der Waals surface area contributed by atoms with E-state index in [0.29, 0.717) is 0 Å². The molecule has 2 aliphatic rings. The lowest BCUT2D eigenvalue weighted by molar-refractivity contribution is 0.477. The maximum absolute atomic E-state index is 6.32. The summed E-state index contributed by atoms with van der Waals surface area (Å²) in [6.45, 7) is 4.34. The van der Waals surface area contributed by atoms with Crippen LogP contribution in [0.15, 0.2) is 217 Å². The number of hydrogen-bond acceptors (Lipinski definition) is 3. The van der Waals surface area contributed by atoms with Crippen LogP contribution in [0.2, 0.25) is 0 Å². The number of allylic oxidation sites excluding steroid dienone is 3. The maximum Gasteiger partial charge on any atom is 0.142 e. The Bertz CT molecular complexity index is 3130. The van der Waals surface area contributed by atoms with Gasteiger partial charge in [0, 0.05) is 44.7 Å². The molecule has 1 aromatic heterocycles. The van der Waals surface area contributed by atoms with Crippen molar-refractivity contribution in [2.75, 3.05) is 4.90 Å². The van der Waals surface area contributed by atoms with Crippen LogP contribution >= 0.6 is 0 Å². The molecule has 1 aliphatic heterocycles. The Hall–Kier alpha value is -7.88.